The Bertz CT molecular complexity index is 1380. The molecule has 1 aromatic carbocycles. The Morgan fingerprint density at radius 1 is 1.17 bits per heavy atom. The van der Waals surface area contributed by atoms with E-state index in [4.69, 9.17) is 0 Å². The Labute approximate surface area is 205 Å². The van der Waals surface area contributed by atoms with Gasteiger partial charge in [-0.25, -0.2) is 18.7 Å². The predicted octanol–water partition coefficient (Wildman–Crippen LogP) is 3.57. The molecule has 3 N–H and O–H groups in total. The highest BCUT2D eigenvalue weighted by atomic mass is 19.1. The number of hydrogen-bond acceptors (Lipinski definition) is 8. The van der Waals surface area contributed by atoms with Gasteiger partial charge in [-0.1, -0.05) is 19.8 Å². The number of alkyl halides is 1. The summed E-state index contributed by atoms with van der Waals surface area (Å²) in [5, 5.41) is 16.3. The number of rotatable bonds is 8. The number of carbonyl (C=O) groups is 1. The number of aromatic nitrogens is 2. The van der Waals surface area contributed by atoms with E-state index in [2.05, 4.69) is 20.6 Å². The summed E-state index contributed by atoms with van der Waals surface area (Å²) in [4.78, 5) is 46.7. The van der Waals surface area contributed by atoms with Crippen LogP contribution in [0.3, 0.4) is 0 Å². The summed E-state index contributed by atoms with van der Waals surface area (Å²) in [6.07, 6.45) is 4.49. The third-order valence-electron chi connectivity index (χ3n) is 6.78. The topological polar surface area (TPSA) is 125 Å². The molecule has 4 rings (SSSR count). The number of amides is 1. The smallest absolute Gasteiger partial charge is 0.275 e. The van der Waals surface area contributed by atoms with Gasteiger partial charge < -0.3 is 20.6 Å². The highest BCUT2D eigenvalue weighted by molar-refractivity contribution is 5.97. The highest BCUT2D eigenvalue weighted by Gasteiger charge is 2.41. The van der Waals surface area contributed by atoms with Gasteiger partial charge in [0.1, 0.15) is 23.9 Å². The first-order valence-electron chi connectivity index (χ1n) is 11.5. The molecule has 190 valence electrons. The summed E-state index contributed by atoms with van der Waals surface area (Å²) in [7, 11) is 2.99. The molecule has 0 spiro atoms. The van der Waals surface area contributed by atoms with E-state index in [0.29, 0.717) is 12.8 Å². The van der Waals surface area contributed by atoms with Crippen molar-refractivity contribution in [1.82, 2.24) is 14.9 Å². The van der Waals surface area contributed by atoms with Crippen molar-refractivity contribution in [2.45, 2.75) is 45.3 Å². The van der Waals surface area contributed by atoms with Crippen LogP contribution in [0.5, 0.6) is 5.75 Å². The molecule has 1 saturated carbocycles. The average Bonchev–Trinajstić information content (AvgIpc) is 3.31. The Kier molecular flexibility index (Phi) is 6.75. The number of anilines is 3. The van der Waals surface area contributed by atoms with Crippen LogP contribution in [0.1, 0.15) is 60.5 Å². The Hall–Kier alpha value is -3.89. The standard InChI is InChI=1S/C25H27F2N5O4/c1-25(9-4-5-10-25)23(16-14(27)7-6-13(12-26)29-16)31-18-17(21(34)22(18)35)30-15-8-11-28-19(20(15)33)24(36)32(2)3/h6-8,11,23,31,33H,4-5,9-10,12H2,1-3H3,(H,28,30)/t23-/m0/s1. The van der Waals surface area contributed by atoms with Gasteiger partial charge in [0.05, 0.1) is 23.1 Å². The van der Waals surface area contributed by atoms with E-state index in [9.17, 15) is 28.3 Å². The highest BCUT2D eigenvalue weighted by Crippen LogP contribution is 2.49. The van der Waals surface area contributed by atoms with Gasteiger partial charge in [0.25, 0.3) is 16.8 Å². The summed E-state index contributed by atoms with van der Waals surface area (Å²) in [6.45, 7) is 1.06. The second kappa shape index (κ2) is 9.63. The minimum Gasteiger partial charge on any atom is -0.504 e. The zero-order chi connectivity index (χ0) is 26.2. The second-order valence-corrected chi connectivity index (χ2v) is 9.53. The summed E-state index contributed by atoms with van der Waals surface area (Å²) in [5.41, 5.74) is -2.60. The van der Waals surface area contributed by atoms with Crippen molar-refractivity contribution < 1.29 is 18.7 Å². The molecule has 2 heterocycles. The number of hydrogen-bond donors (Lipinski definition) is 3. The van der Waals surface area contributed by atoms with E-state index >= 15 is 0 Å². The van der Waals surface area contributed by atoms with Crippen molar-refractivity contribution in [3.8, 4) is 5.75 Å². The molecule has 1 fully saturated rings. The molecule has 0 unspecified atom stereocenters. The Morgan fingerprint density at radius 3 is 2.47 bits per heavy atom. The van der Waals surface area contributed by atoms with Gasteiger partial charge >= 0.3 is 0 Å². The van der Waals surface area contributed by atoms with Gasteiger partial charge in [-0.15, -0.1) is 0 Å². The number of pyridine rings is 2. The number of halogens is 2. The lowest BCUT2D eigenvalue weighted by Crippen LogP contribution is -2.40. The molecule has 0 saturated heterocycles. The van der Waals surface area contributed by atoms with Crippen molar-refractivity contribution in [3.05, 3.63) is 67.7 Å². The first kappa shape index (κ1) is 25.2. The second-order valence-electron chi connectivity index (χ2n) is 9.53. The zero-order valence-electron chi connectivity index (χ0n) is 20.2. The van der Waals surface area contributed by atoms with Gasteiger partial charge in [0.15, 0.2) is 11.4 Å². The van der Waals surface area contributed by atoms with Crippen LogP contribution >= 0.6 is 0 Å². The van der Waals surface area contributed by atoms with Crippen molar-refractivity contribution >= 4 is 23.0 Å². The monoisotopic (exact) mass is 499 g/mol. The maximum Gasteiger partial charge on any atom is 0.275 e. The molecule has 1 aliphatic carbocycles. The van der Waals surface area contributed by atoms with Crippen LogP contribution < -0.4 is 21.5 Å². The van der Waals surface area contributed by atoms with Crippen molar-refractivity contribution in [2.75, 3.05) is 24.7 Å². The number of aromatic hydroxyl groups is 1. The lowest BCUT2D eigenvalue weighted by molar-refractivity contribution is 0.0819. The van der Waals surface area contributed by atoms with E-state index in [1.807, 2.05) is 6.92 Å². The van der Waals surface area contributed by atoms with Crippen LogP contribution in [-0.4, -0.2) is 40.0 Å². The molecular weight excluding hydrogens is 472 g/mol. The maximum absolute atomic E-state index is 14.9. The Balaban J connectivity index is 1.73. The minimum absolute atomic E-state index is 0.00212. The fourth-order valence-corrected chi connectivity index (χ4v) is 4.67. The first-order chi connectivity index (χ1) is 17.1. The Morgan fingerprint density at radius 2 is 1.83 bits per heavy atom. The molecular formula is C25H27F2N5O4. The van der Waals surface area contributed by atoms with Crippen molar-refractivity contribution in [1.29, 1.82) is 0 Å². The van der Waals surface area contributed by atoms with E-state index in [0.717, 1.165) is 18.9 Å². The van der Waals surface area contributed by atoms with Gasteiger partial charge in [-0.2, -0.15) is 0 Å². The predicted molar refractivity (Wildman–Crippen MR) is 131 cm³/mol. The largest absolute Gasteiger partial charge is 0.504 e. The van der Waals surface area contributed by atoms with Gasteiger partial charge in [-0.05, 0) is 36.5 Å². The third-order valence-corrected chi connectivity index (χ3v) is 6.78. The average molecular weight is 500 g/mol. The third kappa shape index (κ3) is 4.40. The summed E-state index contributed by atoms with van der Waals surface area (Å²) in [6, 6.07) is 2.94. The number of nitrogens with zero attached hydrogens (tertiary/aromatic N) is 3. The fraction of sp³-hybridized carbons (Fsp3) is 0.400. The van der Waals surface area contributed by atoms with Crippen molar-refractivity contribution in [2.24, 2.45) is 5.41 Å². The molecule has 0 bridgehead atoms. The first-order valence-corrected chi connectivity index (χ1v) is 11.5. The van der Waals surface area contributed by atoms with Gasteiger partial charge in [-0.3, -0.25) is 14.4 Å². The SMILES string of the molecule is CN(C)C(=O)c1nccc(Nc2c(N[C@@H](c3nc(CF)ccc3F)C3(C)CCCC3)c(=O)c2=O)c1O. The van der Waals surface area contributed by atoms with Gasteiger partial charge in [0, 0.05) is 20.3 Å². The summed E-state index contributed by atoms with van der Waals surface area (Å²) >= 11 is 0. The number of nitrogens with one attached hydrogen (secondary N) is 2. The van der Waals surface area contributed by atoms with E-state index < -0.39 is 46.5 Å². The van der Waals surface area contributed by atoms with Crippen LogP contribution in [0.4, 0.5) is 25.8 Å². The normalized spacial score (nSPS) is 15.6. The molecule has 1 atom stereocenters. The van der Waals surface area contributed by atoms with Crippen LogP contribution in [0, 0.1) is 11.2 Å². The number of carbonyl (C=O) groups excluding carboxylic acids is 1. The molecule has 1 aliphatic rings. The van der Waals surface area contributed by atoms with E-state index in [1.165, 1.54) is 37.3 Å². The van der Waals surface area contributed by atoms with Crippen LogP contribution in [0.15, 0.2) is 34.0 Å². The van der Waals surface area contributed by atoms with E-state index in [1.54, 1.807) is 0 Å². The molecule has 9 nitrogen and oxygen atoms in total. The van der Waals surface area contributed by atoms with Crippen LogP contribution in [-0.2, 0) is 6.67 Å². The van der Waals surface area contributed by atoms with Crippen LogP contribution in [0.2, 0.25) is 0 Å². The van der Waals surface area contributed by atoms with E-state index in [-0.39, 0.29) is 34.1 Å². The minimum atomic E-state index is -0.876. The molecule has 1 amide bonds. The molecule has 2 aromatic heterocycles. The lowest BCUT2D eigenvalue weighted by atomic mass is 9.78. The molecule has 3 aromatic rings. The zero-order valence-corrected chi connectivity index (χ0v) is 20.2. The van der Waals surface area contributed by atoms with Crippen LogP contribution in [0.25, 0.3) is 0 Å². The summed E-state index contributed by atoms with van der Waals surface area (Å²) in [5.74, 6) is -1.69. The molecule has 0 aliphatic heterocycles. The quantitative estimate of drug-likeness (QED) is 0.402. The van der Waals surface area contributed by atoms with Gasteiger partial charge in [0.2, 0.25) is 0 Å². The lowest BCUT2D eigenvalue weighted by Gasteiger charge is -2.36. The molecule has 0 radical (unpaired) electrons. The van der Waals surface area contributed by atoms with Crippen molar-refractivity contribution in [3.63, 3.8) is 0 Å². The molecule has 11 heteroatoms. The molecule has 36 heavy (non-hydrogen) atoms. The fourth-order valence-electron chi connectivity index (χ4n) is 4.67. The maximum atomic E-state index is 14.9. The summed E-state index contributed by atoms with van der Waals surface area (Å²) < 4.78 is 28.3.